The van der Waals surface area contributed by atoms with Crippen LogP contribution in [0.3, 0.4) is 0 Å². The average Bonchev–Trinajstić information content (AvgIpc) is 2.63. The van der Waals surface area contributed by atoms with Crippen molar-refractivity contribution >= 4 is 12.0 Å². The van der Waals surface area contributed by atoms with E-state index in [9.17, 15) is 22.8 Å². The van der Waals surface area contributed by atoms with E-state index < -0.39 is 43.1 Å². The van der Waals surface area contributed by atoms with Crippen molar-refractivity contribution in [2.45, 2.75) is 18.6 Å². The largest absolute Gasteiger partial charge is 0.481 e. The lowest BCUT2D eigenvalue weighted by Crippen LogP contribution is -2.47. The van der Waals surface area contributed by atoms with Crippen LogP contribution < -0.4 is 10.6 Å². The maximum Gasteiger partial charge on any atom is 0.390 e. The van der Waals surface area contributed by atoms with E-state index in [4.69, 9.17) is 9.84 Å². The van der Waals surface area contributed by atoms with Gasteiger partial charge >= 0.3 is 18.2 Å². The van der Waals surface area contributed by atoms with Crippen LogP contribution in [0.5, 0.6) is 0 Å². The second-order valence-electron chi connectivity index (χ2n) is 3.85. The topological polar surface area (TPSA) is 87.7 Å². The summed E-state index contributed by atoms with van der Waals surface area (Å²) in [7, 11) is 0. The smallest absolute Gasteiger partial charge is 0.390 e. The van der Waals surface area contributed by atoms with Crippen molar-refractivity contribution in [2.24, 2.45) is 5.92 Å². The van der Waals surface area contributed by atoms with Gasteiger partial charge in [0.2, 0.25) is 0 Å². The summed E-state index contributed by atoms with van der Waals surface area (Å²) >= 11 is 0. The van der Waals surface area contributed by atoms with E-state index in [1.807, 2.05) is 5.32 Å². The summed E-state index contributed by atoms with van der Waals surface area (Å²) in [6, 6.07) is -1.56. The van der Waals surface area contributed by atoms with Crippen LogP contribution in [0.15, 0.2) is 0 Å². The number of amides is 2. The number of carboxylic acid groups (broad SMARTS) is 1. The van der Waals surface area contributed by atoms with Crippen LogP contribution in [0.4, 0.5) is 18.0 Å². The normalized spacial score (nSPS) is 23.7. The third-order valence-electron chi connectivity index (χ3n) is 2.41. The molecule has 104 valence electrons. The van der Waals surface area contributed by atoms with E-state index in [0.717, 1.165) is 0 Å². The minimum Gasteiger partial charge on any atom is -0.481 e. The third-order valence-corrected chi connectivity index (χ3v) is 2.41. The number of rotatable bonds is 4. The van der Waals surface area contributed by atoms with Gasteiger partial charge in [-0.3, -0.25) is 4.79 Å². The van der Waals surface area contributed by atoms with Gasteiger partial charge in [0.15, 0.2) is 0 Å². The number of carbonyl (C=O) groups is 2. The molecule has 0 spiro atoms. The predicted octanol–water partition coefficient (Wildman–Crippen LogP) is 0.338. The number of urea groups is 1. The van der Waals surface area contributed by atoms with Crippen molar-refractivity contribution in [3.63, 3.8) is 0 Å². The molecule has 3 N–H and O–H groups in total. The van der Waals surface area contributed by atoms with E-state index in [1.54, 1.807) is 0 Å². The van der Waals surface area contributed by atoms with E-state index in [-0.39, 0.29) is 13.2 Å². The van der Waals surface area contributed by atoms with Gasteiger partial charge in [0, 0.05) is 6.54 Å². The van der Waals surface area contributed by atoms with Gasteiger partial charge in [0.1, 0.15) is 5.92 Å². The molecule has 1 rings (SSSR count). The molecule has 9 heteroatoms. The molecule has 0 saturated carbocycles. The number of ether oxygens (including phenoxy) is 1. The highest BCUT2D eigenvalue weighted by Gasteiger charge is 2.35. The number of aliphatic carboxylic acids is 1. The number of carboxylic acids is 1. The molecule has 18 heavy (non-hydrogen) atoms. The van der Waals surface area contributed by atoms with Gasteiger partial charge in [-0.25, -0.2) is 4.79 Å². The van der Waals surface area contributed by atoms with Crippen LogP contribution in [0, 0.1) is 5.92 Å². The molecule has 6 nitrogen and oxygen atoms in total. The summed E-state index contributed by atoms with van der Waals surface area (Å²) in [6.45, 7) is -0.548. The van der Waals surface area contributed by atoms with Gasteiger partial charge in [-0.2, -0.15) is 13.2 Å². The van der Waals surface area contributed by atoms with E-state index >= 15 is 0 Å². The Hall–Kier alpha value is -1.51. The van der Waals surface area contributed by atoms with Crippen LogP contribution >= 0.6 is 0 Å². The zero-order valence-corrected chi connectivity index (χ0v) is 9.29. The van der Waals surface area contributed by atoms with E-state index in [1.165, 1.54) is 0 Å². The molecule has 2 amide bonds. The molecular formula is C9H13F3N2O4. The Labute approximate surface area is 100 Å². The van der Waals surface area contributed by atoms with Crippen LogP contribution in [-0.2, 0) is 9.53 Å². The van der Waals surface area contributed by atoms with E-state index in [2.05, 4.69) is 5.32 Å². The number of hydrogen-bond donors (Lipinski definition) is 3. The minimum atomic E-state index is -4.34. The molecular weight excluding hydrogens is 257 g/mol. The zero-order valence-electron chi connectivity index (χ0n) is 9.29. The second-order valence-corrected chi connectivity index (χ2v) is 3.85. The van der Waals surface area contributed by atoms with Crippen molar-refractivity contribution in [2.75, 3.05) is 19.8 Å². The lowest BCUT2D eigenvalue weighted by atomic mass is 10.0. The lowest BCUT2D eigenvalue weighted by Gasteiger charge is -2.16. The highest BCUT2D eigenvalue weighted by molar-refractivity contribution is 5.77. The third kappa shape index (κ3) is 4.78. The highest BCUT2D eigenvalue weighted by atomic mass is 19.4. The summed E-state index contributed by atoms with van der Waals surface area (Å²) in [4.78, 5) is 22.0. The van der Waals surface area contributed by atoms with Crippen molar-refractivity contribution in [1.29, 1.82) is 0 Å². The monoisotopic (exact) mass is 270 g/mol. The molecule has 0 aromatic carbocycles. The first kappa shape index (κ1) is 14.6. The minimum absolute atomic E-state index is 0.0250. The molecule has 0 radical (unpaired) electrons. The SMILES string of the molecule is O=C(NCCC(F)(F)F)NC1COCC1C(=O)O. The predicted molar refractivity (Wildman–Crippen MR) is 52.9 cm³/mol. The van der Waals surface area contributed by atoms with Gasteiger partial charge in [-0.15, -0.1) is 0 Å². The van der Waals surface area contributed by atoms with Crippen molar-refractivity contribution < 1.29 is 32.6 Å². The molecule has 0 bridgehead atoms. The first-order valence-corrected chi connectivity index (χ1v) is 5.21. The van der Waals surface area contributed by atoms with Crippen LogP contribution in [0.1, 0.15) is 6.42 Å². The molecule has 1 aliphatic heterocycles. The average molecular weight is 270 g/mol. The van der Waals surface area contributed by atoms with Gasteiger partial charge in [0.05, 0.1) is 25.7 Å². The zero-order chi connectivity index (χ0) is 13.8. The summed E-state index contributed by atoms with van der Waals surface area (Å²) in [5, 5.41) is 13.1. The quantitative estimate of drug-likeness (QED) is 0.687. The molecule has 2 atom stereocenters. The summed E-state index contributed by atoms with van der Waals surface area (Å²) in [6.07, 6.45) is -5.47. The fourth-order valence-electron chi connectivity index (χ4n) is 1.48. The molecule has 1 aliphatic rings. The molecule has 0 aliphatic carbocycles. The second kappa shape index (κ2) is 5.89. The van der Waals surface area contributed by atoms with Crippen molar-refractivity contribution in [3.05, 3.63) is 0 Å². The van der Waals surface area contributed by atoms with Crippen LogP contribution in [0.25, 0.3) is 0 Å². The molecule has 2 unspecified atom stereocenters. The Morgan fingerprint density at radius 1 is 1.33 bits per heavy atom. The number of carbonyl (C=O) groups excluding carboxylic acids is 1. The maximum absolute atomic E-state index is 11.8. The maximum atomic E-state index is 11.8. The standard InChI is InChI=1S/C9H13F3N2O4/c10-9(11,12)1-2-13-8(17)14-6-4-18-3-5(6)7(15)16/h5-6H,1-4H2,(H,15,16)(H2,13,14,17). The molecule has 0 aromatic heterocycles. The Kier molecular flexibility index (Phi) is 4.76. The van der Waals surface area contributed by atoms with Gasteiger partial charge in [0.25, 0.3) is 0 Å². The van der Waals surface area contributed by atoms with Gasteiger partial charge in [-0.05, 0) is 0 Å². The molecule has 1 fully saturated rings. The Bertz CT molecular complexity index is 321. The number of hydrogen-bond acceptors (Lipinski definition) is 3. The Balaban J connectivity index is 2.29. The molecule has 1 saturated heterocycles. The number of nitrogens with one attached hydrogen (secondary N) is 2. The van der Waals surface area contributed by atoms with Crippen molar-refractivity contribution in [3.8, 4) is 0 Å². The van der Waals surface area contributed by atoms with Gasteiger partial charge in [-0.1, -0.05) is 0 Å². The fourth-order valence-corrected chi connectivity index (χ4v) is 1.48. The molecule has 1 heterocycles. The van der Waals surface area contributed by atoms with E-state index in [0.29, 0.717) is 0 Å². The summed E-state index contributed by atoms with van der Waals surface area (Å²) in [5.74, 6) is -1.99. The van der Waals surface area contributed by atoms with Crippen molar-refractivity contribution in [1.82, 2.24) is 10.6 Å². The van der Waals surface area contributed by atoms with Crippen LogP contribution in [0.2, 0.25) is 0 Å². The highest BCUT2D eigenvalue weighted by Crippen LogP contribution is 2.18. The lowest BCUT2D eigenvalue weighted by molar-refractivity contribution is -0.142. The fraction of sp³-hybridized carbons (Fsp3) is 0.778. The first-order valence-electron chi connectivity index (χ1n) is 5.21. The Morgan fingerprint density at radius 3 is 2.56 bits per heavy atom. The van der Waals surface area contributed by atoms with Crippen LogP contribution in [-0.4, -0.2) is 49.1 Å². The number of halogens is 3. The molecule has 0 aromatic rings. The van der Waals surface area contributed by atoms with Gasteiger partial charge < -0.3 is 20.5 Å². The Morgan fingerprint density at radius 2 is 2.00 bits per heavy atom. The summed E-state index contributed by atoms with van der Waals surface area (Å²) < 4.78 is 40.3. The summed E-state index contributed by atoms with van der Waals surface area (Å²) in [5.41, 5.74) is 0. The first-order chi connectivity index (χ1) is 8.29. The number of alkyl halides is 3.